The summed E-state index contributed by atoms with van der Waals surface area (Å²) in [5.74, 6) is 0.188. The van der Waals surface area contributed by atoms with Crippen LogP contribution in [0.15, 0.2) is 16.8 Å². The Morgan fingerprint density at radius 2 is 2.00 bits per heavy atom. The van der Waals surface area contributed by atoms with Gasteiger partial charge in [0.2, 0.25) is 0 Å². The molecule has 0 unspecified atom stereocenters. The van der Waals surface area contributed by atoms with Gasteiger partial charge < -0.3 is 4.90 Å². The van der Waals surface area contributed by atoms with E-state index in [0.29, 0.717) is 6.04 Å². The van der Waals surface area contributed by atoms with E-state index < -0.39 is 0 Å². The van der Waals surface area contributed by atoms with Crippen LogP contribution < -0.4 is 0 Å². The molecule has 1 heterocycles. The minimum Gasteiger partial charge on any atom is -0.339 e. The van der Waals surface area contributed by atoms with E-state index in [0.717, 1.165) is 5.56 Å². The zero-order valence-electron chi connectivity index (χ0n) is 9.82. The summed E-state index contributed by atoms with van der Waals surface area (Å²) in [7, 11) is 1.95. The Labute approximate surface area is 101 Å². The van der Waals surface area contributed by atoms with Crippen LogP contribution in [0, 0.1) is 0 Å². The first-order chi connectivity index (χ1) is 7.79. The Hall–Kier alpha value is -0.830. The highest BCUT2D eigenvalue weighted by molar-refractivity contribution is 7.08. The zero-order chi connectivity index (χ0) is 11.4. The van der Waals surface area contributed by atoms with Crippen LogP contribution in [0.2, 0.25) is 0 Å². The molecule has 0 atom stereocenters. The Morgan fingerprint density at radius 3 is 2.56 bits per heavy atom. The molecule has 1 fully saturated rings. The molecule has 88 valence electrons. The van der Waals surface area contributed by atoms with E-state index in [4.69, 9.17) is 0 Å². The highest BCUT2D eigenvalue weighted by Gasteiger charge is 2.22. The zero-order valence-corrected chi connectivity index (χ0v) is 10.6. The van der Waals surface area contributed by atoms with Gasteiger partial charge in [-0.05, 0) is 24.3 Å². The number of rotatable bonds is 2. The fraction of sp³-hybridized carbons (Fsp3) is 0.615. The second kappa shape index (κ2) is 5.48. The number of amides is 1. The van der Waals surface area contributed by atoms with E-state index in [9.17, 15) is 4.79 Å². The first kappa shape index (κ1) is 11.6. The van der Waals surface area contributed by atoms with Crippen molar-refractivity contribution in [2.45, 2.75) is 44.6 Å². The van der Waals surface area contributed by atoms with E-state index in [1.807, 2.05) is 28.8 Å². The van der Waals surface area contributed by atoms with Crippen LogP contribution in [-0.2, 0) is 0 Å². The van der Waals surface area contributed by atoms with E-state index in [1.165, 1.54) is 38.5 Å². The van der Waals surface area contributed by atoms with Gasteiger partial charge in [-0.15, -0.1) is 0 Å². The van der Waals surface area contributed by atoms with Crippen molar-refractivity contribution in [1.29, 1.82) is 0 Å². The Kier molecular flexibility index (Phi) is 3.99. The van der Waals surface area contributed by atoms with Crippen LogP contribution in [-0.4, -0.2) is 23.9 Å². The van der Waals surface area contributed by atoms with Gasteiger partial charge in [0.25, 0.3) is 5.91 Å². The van der Waals surface area contributed by atoms with Crippen molar-refractivity contribution in [1.82, 2.24) is 4.90 Å². The number of carbonyl (C=O) groups excluding carboxylic acids is 1. The summed E-state index contributed by atoms with van der Waals surface area (Å²) in [5.41, 5.74) is 0.844. The lowest BCUT2D eigenvalue weighted by Gasteiger charge is -2.26. The summed E-state index contributed by atoms with van der Waals surface area (Å²) >= 11 is 1.59. The molecule has 0 saturated heterocycles. The lowest BCUT2D eigenvalue weighted by atomic mass is 10.1. The van der Waals surface area contributed by atoms with Crippen LogP contribution in [0.1, 0.15) is 48.9 Å². The van der Waals surface area contributed by atoms with Crippen molar-refractivity contribution in [2.75, 3.05) is 7.05 Å². The topological polar surface area (TPSA) is 20.3 Å². The summed E-state index contributed by atoms with van der Waals surface area (Å²) < 4.78 is 0. The molecule has 0 N–H and O–H groups in total. The normalized spacial score (nSPS) is 18.1. The van der Waals surface area contributed by atoms with Crippen molar-refractivity contribution < 1.29 is 4.79 Å². The Balaban J connectivity index is 2.00. The van der Waals surface area contributed by atoms with Gasteiger partial charge >= 0.3 is 0 Å². The summed E-state index contributed by atoms with van der Waals surface area (Å²) in [6.45, 7) is 0. The fourth-order valence-electron chi connectivity index (χ4n) is 2.40. The number of hydrogen-bond donors (Lipinski definition) is 0. The Bertz CT molecular complexity index is 326. The van der Waals surface area contributed by atoms with E-state index in [2.05, 4.69) is 0 Å². The number of carbonyl (C=O) groups is 1. The molecule has 1 aromatic heterocycles. The van der Waals surface area contributed by atoms with Gasteiger partial charge in [-0.2, -0.15) is 11.3 Å². The highest BCUT2D eigenvalue weighted by atomic mass is 32.1. The van der Waals surface area contributed by atoms with Gasteiger partial charge in [0.05, 0.1) is 5.56 Å². The third kappa shape index (κ3) is 2.64. The molecular weight excluding hydrogens is 218 g/mol. The molecule has 1 aromatic rings. The molecule has 1 saturated carbocycles. The average molecular weight is 237 g/mol. The molecule has 0 radical (unpaired) electrons. The van der Waals surface area contributed by atoms with Crippen LogP contribution in [0.4, 0.5) is 0 Å². The lowest BCUT2D eigenvalue weighted by molar-refractivity contribution is 0.0718. The van der Waals surface area contributed by atoms with Crippen LogP contribution >= 0.6 is 11.3 Å². The standard InChI is InChI=1S/C13H19NOS/c1-14(12-6-4-2-3-5-7-12)13(15)11-8-9-16-10-11/h8-10,12H,2-7H2,1H3. The largest absolute Gasteiger partial charge is 0.339 e. The van der Waals surface area contributed by atoms with E-state index in [-0.39, 0.29) is 5.91 Å². The molecule has 0 spiro atoms. The van der Waals surface area contributed by atoms with Crippen molar-refractivity contribution in [3.8, 4) is 0 Å². The van der Waals surface area contributed by atoms with Crippen LogP contribution in [0.5, 0.6) is 0 Å². The quantitative estimate of drug-likeness (QED) is 0.720. The third-order valence-electron chi connectivity index (χ3n) is 3.46. The van der Waals surface area contributed by atoms with Crippen molar-refractivity contribution >= 4 is 17.2 Å². The summed E-state index contributed by atoms with van der Waals surface area (Å²) in [4.78, 5) is 14.1. The molecule has 3 heteroatoms. The second-order valence-electron chi connectivity index (χ2n) is 4.57. The van der Waals surface area contributed by atoms with Gasteiger partial charge in [0.15, 0.2) is 0 Å². The molecule has 0 aliphatic heterocycles. The molecule has 1 amide bonds. The minimum atomic E-state index is 0.188. The van der Waals surface area contributed by atoms with Gasteiger partial charge in [-0.3, -0.25) is 4.79 Å². The van der Waals surface area contributed by atoms with Gasteiger partial charge in [-0.25, -0.2) is 0 Å². The van der Waals surface area contributed by atoms with Gasteiger partial charge in [-0.1, -0.05) is 25.7 Å². The molecule has 2 rings (SSSR count). The van der Waals surface area contributed by atoms with Crippen LogP contribution in [0.3, 0.4) is 0 Å². The third-order valence-corrected chi connectivity index (χ3v) is 4.14. The summed E-state index contributed by atoms with van der Waals surface area (Å²) in [5, 5.41) is 3.91. The lowest BCUT2D eigenvalue weighted by Crippen LogP contribution is -2.36. The first-order valence-corrected chi connectivity index (χ1v) is 7.02. The molecule has 0 aromatic carbocycles. The number of nitrogens with zero attached hydrogens (tertiary/aromatic N) is 1. The predicted octanol–water partition coefficient (Wildman–Crippen LogP) is 3.54. The maximum Gasteiger partial charge on any atom is 0.254 e. The van der Waals surface area contributed by atoms with Gasteiger partial charge in [0.1, 0.15) is 0 Å². The van der Waals surface area contributed by atoms with Crippen molar-refractivity contribution in [3.63, 3.8) is 0 Å². The van der Waals surface area contributed by atoms with E-state index >= 15 is 0 Å². The van der Waals surface area contributed by atoms with E-state index in [1.54, 1.807) is 11.3 Å². The Morgan fingerprint density at radius 1 is 1.31 bits per heavy atom. The predicted molar refractivity (Wildman–Crippen MR) is 67.9 cm³/mol. The molecule has 1 aliphatic rings. The summed E-state index contributed by atoms with van der Waals surface area (Å²) in [6, 6.07) is 2.37. The molecule has 0 bridgehead atoms. The van der Waals surface area contributed by atoms with Crippen molar-refractivity contribution in [2.24, 2.45) is 0 Å². The van der Waals surface area contributed by atoms with Crippen molar-refractivity contribution in [3.05, 3.63) is 22.4 Å². The molecular formula is C13H19NOS. The minimum absolute atomic E-state index is 0.188. The van der Waals surface area contributed by atoms with Gasteiger partial charge in [0, 0.05) is 18.5 Å². The average Bonchev–Trinajstić information content (AvgIpc) is 2.70. The maximum atomic E-state index is 12.1. The number of hydrogen-bond acceptors (Lipinski definition) is 2. The fourth-order valence-corrected chi connectivity index (χ4v) is 3.03. The molecule has 16 heavy (non-hydrogen) atoms. The SMILES string of the molecule is CN(C(=O)c1ccsc1)C1CCCCCC1. The second-order valence-corrected chi connectivity index (χ2v) is 5.35. The van der Waals surface area contributed by atoms with Crippen LogP contribution in [0.25, 0.3) is 0 Å². The maximum absolute atomic E-state index is 12.1. The smallest absolute Gasteiger partial charge is 0.254 e. The molecule has 2 nitrogen and oxygen atoms in total. The highest BCUT2D eigenvalue weighted by Crippen LogP contribution is 2.22. The first-order valence-electron chi connectivity index (χ1n) is 6.08. The number of thiophene rings is 1. The summed E-state index contributed by atoms with van der Waals surface area (Å²) in [6.07, 6.45) is 7.55. The monoisotopic (exact) mass is 237 g/mol. The molecule has 1 aliphatic carbocycles.